The zero-order valence-corrected chi connectivity index (χ0v) is 11.4. The van der Waals surface area contributed by atoms with Crippen molar-refractivity contribution in [1.29, 1.82) is 0 Å². The molecule has 0 rings (SSSR count). The van der Waals surface area contributed by atoms with Gasteiger partial charge in [-0.2, -0.15) is 0 Å². The van der Waals surface area contributed by atoms with Crippen LogP contribution in [0.25, 0.3) is 0 Å². The van der Waals surface area contributed by atoms with Crippen LogP contribution in [0.15, 0.2) is 9.98 Å². The summed E-state index contributed by atoms with van der Waals surface area (Å²) in [4.78, 5) is 7.92. The summed E-state index contributed by atoms with van der Waals surface area (Å²) in [5.41, 5.74) is 0. The maximum atomic E-state index is 4.04. The summed E-state index contributed by atoms with van der Waals surface area (Å²) >= 11 is 0. The maximum Gasteiger partial charge on any atom is 0.0892 e. The van der Waals surface area contributed by atoms with E-state index in [9.17, 15) is 0 Å². The van der Waals surface area contributed by atoms with E-state index in [2.05, 4.69) is 37.1 Å². The SMILES string of the molecule is CCN=C=NCCC[N+](C)(C)C.I. The summed E-state index contributed by atoms with van der Waals surface area (Å²) in [6, 6.07) is 2.66. The minimum absolute atomic E-state index is 0. The average Bonchev–Trinajstić information content (AvgIpc) is 1.94. The van der Waals surface area contributed by atoms with Gasteiger partial charge in [0.05, 0.1) is 40.2 Å². The van der Waals surface area contributed by atoms with Crippen molar-refractivity contribution in [2.75, 3.05) is 40.8 Å². The highest BCUT2D eigenvalue weighted by Crippen LogP contribution is 1.92. The van der Waals surface area contributed by atoms with E-state index < -0.39 is 0 Å². The van der Waals surface area contributed by atoms with Crippen LogP contribution < -0.4 is 0 Å². The molecule has 13 heavy (non-hydrogen) atoms. The molecule has 78 valence electrons. The smallest absolute Gasteiger partial charge is 0.0892 e. The highest BCUT2D eigenvalue weighted by Gasteiger charge is 2.04. The zero-order chi connectivity index (χ0) is 9.45. The van der Waals surface area contributed by atoms with Crippen molar-refractivity contribution >= 4 is 30.0 Å². The molecule has 0 saturated heterocycles. The first-order valence-electron chi connectivity index (χ1n) is 4.44. The molecular formula is C9H21IN3+. The van der Waals surface area contributed by atoms with Crippen molar-refractivity contribution in [2.24, 2.45) is 9.98 Å². The standard InChI is InChI=1S/C9H20N3.HI/c1-5-10-9-11-7-6-8-12(2,3)4;/h5-8H2,1-4H3;1H/q+1;. The predicted molar refractivity (Wildman–Crippen MR) is 68.2 cm³/mol. The molecule has 4 heteroatoms. The Morgan fingerprint density at radius 1 is 1.15 bits per heavy atom. The van der Waals surface area contributed by atoms with Crippen LogP contribution in [0, 0.1) is 0 Å². The van der Waals surface area contributed by atoms with E-state index in [1.165, 1.54) is 0 Å². The molecule has 0 unspecified atom stereocenters. The van der Waals surface area contributed by atoms with Crippen LogP contribution in [0.5, 0.6) is 0 Å². The molecule has 0 amide bonds. The number of hydrogen-bond donors (Lipinski definition) is 0. The van der Waals surface area contributed by atoms with Crippen LogP contribution in [-0.4, -0.2) is 51.3 Å². The monoisotopic (exact) mass is 298 g/mol. The van der Waals surface area contributed by atoms with Crippen molar-refractivity contribution < 1.29 is 4.48 Å². The third kappa shape index (κ3) is 14.9. The highest BCUT2D eigenvalue weighted by molar-refractivity contribution is 14.0. The third-order valence-electron chi connectivity index (χ3n) is 1.40. The quantitative estimate of drug-likeness (QED) is 0.320. The lowest BCUT2D eigenvalue weighted by Crippen LogP contribution is -2.35. The molecule has 0 saturated carbocycles. The van der Waals surface area contributed by atoms with Gasteiger partial charge in [0.25, 0.3) is 0 Å². The van der Waals surface area contributed by atoms with Gasteiger partial charge in [-0.05, 0) is 6.92 Å². The second-order valence-electron chi connectivity index (χ2n) is 3.82. The van der Waals surface area contributed by atoms with Gasteiger partial charge in [-0.15, -0.1) is 24.0 Å². The van der Waals surface area contributed by atoms with E-state index in [0.29, 0.717) is 0 Å². The Hall–Kier alpha value is 0.0700. The number of aliphatic imine (C=N–C) groups is 2. The number of hydrogen-bond acceptors (Lipinski definition) is 2. The van der Waals surface area contributed by atoms with Crippen LogP contribution in [0.2, 0.25) is 0 Å². The Kier molecular flexibility index (Phi) is 10.3. The molecule has 0 aromatic heterocycles. The molecule has 0 aliphatic heterocycles. The molecule has 0 atom stereocenters. The number of nitrogens with zero attached hydrogens (tertiary/aromatic N) is 3. The molecule has 0 aromatic carbocycles. The van der Waals surface area contributed by atoms with Gasteiger partial charge in [-0.3, -0.25) is 0 Å². The first-order chi connectivity index (χ1) is 5.56. The molecule has 0 heterocycles. The first kappa shape index (κ1) is 15.5. The van der Waals surface area contributed by atoms with Gasteiger partial charge in [0.15, 0.2) is 0 Å². The lowest BCUT2D eigenvalue weighted by Gasteiger charge is -2.22. The molecule has 0 spiro atoms. The zero-order valence-electron chi connectivity index (χ0n) is 9.08. The third-order valence-corrected chi connectivity index (χ3v) is 1.40. The van der Waals surface area contributed by atoms with Crippen molar-refractivity contribution in [3.8, 4) is 0 Å². The van der Waals surface area contributed by atoms with Gasteiger partial charge < -0.3 is 4.48 Å². The Bertz CT molecular complexity index is 166. The van der Waals surface area contributed by atoms with E-state index in [-0.39, 0.29) is 24.0 Å². The van der Waals surface area contributed by atoms with Crippen LogP contribution >= 0.6 is 24.0 Å². The summed E-state index contributed by atoms with van der Waals surface area (Å²) in [7, 11) is 6.55. The lowest BCUT2D eigenvalue weighted by atomic mass is 10.4. The molecule has 0 aliphatic carbocycles. The van der Waals surface area contributed by atoms with E-state index in [0.717, 1.165) is 30.5 Å². The Balaban J connectivity index is 0. The molecule has 0 aromatic rings. The van der Waals surface area contributed by atoms with Crippen LogP contribution in [-0.2, 0) is 0 Å². The Labute approximate surface area is 98.6 Å². The largest absolute Gasteiger partial charge is 0.331 e. The number of quaternary nitrogens is 1. The second kappa shape index (κ2) is 8.66. The van der Waals surface area contributed by atoms with Gasteiger partial charge in [0.1, 0.15) is 0 Å². The molecule has 0 N–H and O–H groups in total. The fourth-order valence-electron chi connectivity index (χ4n) is 0.795. The van der Waals surface area contributed by atoms with Crippen LogP contribution in [0.4, 0.5) is 0 Å². The van der Waals surface area contributed by atoms with Crippen LogP contribution in [0.3, 0.4) is 0 Å². The minimum atomic E-state index is 0. The molecule has 0 bridgehead atoms. The molecule has 0 aliphatic rings. The average molecular weight is 298 g/mol. The minimum Gasteiger partial charge on any atom is -0.331 e. The summed E-state index contributed by atoms with van der Waals surface area (Å²) in [5.74, 6) is 0. The summed E-state index contributed by atoms with van der Waals surface area (Å²) < 4.78 is 1.00. The summed E-state index contributed by atoms with van der Waals surface area (Å²) in [6.45, 7) is 4.75. The summed E-state index contributed by atoms with van der Waals surface area (Å²) in [6.07, 6.45) is 1.11. The van der Waals surface area contributed by atoms with Crippen molar-refractivity contribution in [3.05, 3.63) is 0 Å². The lowest BCUT2D eigenvalue weighted by molar-refractivity contribution is -0.870. The Morgan fingerprint density at radius 3 is 2.23 bits per heavy atom. The predicted octanol–water partition coefficient (Wildman–Crippen LogP) is 1.89. The van der Waals surface area contributed by atoms with Gasteiger partial charge in [-0.25, -0.2) is 9.98 Å². The number of halogens is 1. The second-order valence-corrected chi connectivity index (χ2v) is 3.82. The fraction of sp³-hybridized carbons (Fsp3) is 0.889. The van der Waals surface area contributed by atoms with Crippen LogP contribution in [0.1, 0.15) is 13.3 Å². The van der Waals surface area contributed by atoms with Crippen molar-refractivity contribution in [2.45, 2.75) is 13.3 Å². The molecule has 0 radical (unpaired) electrons. The van der Waals surface area contributed by atoms with E-state index in [1.807, 2.05) is 6.92 Å². The van der Waals surface area contributed by atoms with E-state index in [4.69, 9.17) is 0 Å². The van der Waals surface area contributed by atoms with E-state index >= 15 is 0 Å². The highest BCUT2D eigenvalue weighted by atomic mass is 127. The topological polar surface area (TPSA) is 24.7 Å². The molecular weight excluding hydrogens is 277 g/mol. The van der Waals surface area contributed by atoms with Gasteiger partial charge in [-0.1, -0.05) is 0 Å². The van der Waals surface area contributed by atoms with Gasteiger partial charge in [0.2, 0.25) is 0 Å². The van der Waals surface area contributed by atoms with Gasteiger partial charge >= 0.3 is 0 Å². The van der Waals surface area contributed by atoms with Crippen molar-refractivity contribution in [3.63, 3.8) is 0 Å². The maximum absolute atomic E-state index is 4.04. The fourth-order valence-corrected chi connectivity index (χ4v) is 0.795. The van der Waals surface area contributed by atoms with Crippen molar-refractivity contribution in [1.82, 2.24) is 0 Å². The summed E-state index contributed by atoms with van der Waals surface area (Å²) in [5, 5.41) is 0. The Morgan fingerprint density at radius 2 is 1.77 bits per heavy atom. The normalized spacial score (nSPS) is 9.85. The molecule has 0 fully saturated rings. The van der Waals surface area contributed by atoms with E-state index in [1.54, 1.807) is 0 Å². The molecule has 3 nitrogen and oxygen atoms in total. The van der Waals surface area contributed by atoms with Gasteiger partial charge in [0, 0.05) is 13.0 Å². The first-order valence-corrected chi connectivity index (χ1v) is 4.44. The number of rotatable bonds is 5.